The second kappa shape index (κ2) is 8.88. The number of nitrogens with one attached hydrogen (secondary N) is 1. The molecule has 1 N–H and O–H groups in total. The van der Waals surface area contributed by atoms with Crippen LogP contribution in [0.2, 0.25) is 0 Å². The standard InChI is InChI=1S/C26H29N5OS/c1-17(10-11-18-6-3-2-4-7-18)29-24-23-22(27-16-28-24)21-19-8-5-9-20(19)25(30-26(21)33-23)31-12-14-32-15-13-31/h2-4,6-7,16-17H,5,8-15H2,1H3,(H,27,28,29). The first-order chi connectivity index (χ1) is 16.3. The number of anilines is 2. The summed E-state index contributed by atoms with van der Waals surface area (Å²) in [5, 5.41) is 4.92. The van der Waals surface area contributed by atoms with Gasteiger partial charge in [0.2, 0.25) is 0 Å². The van der Waals surface area contributed by atoms with E-state index in [1.807, 2.05) is 0 Å². The van der Waals surface area contributed by atoms with Crippen LogP contribution in [0, 0.1) is 0 Å². The van der Waals surface area contributed by atoms with Crippen LogP contribution in [0.4, 0.5) is 11.6 Å². The minimum absolute atomic E-state index is 0.316. The Hall–Kier alpha value is -2.77. The molecule has 7 heteroatoms. The van der Waals surface area contributed by atoms with Gasteiger partial charge in [-0.05, 0) is 55.7 Å². The number of ether oxygens (including phenoxy) is 1. The molecule has 1 aromatic carbocycles. The van der Waals surface area contributed by atoms with Gasteiger partial charge in [0.25, 0.3) is 0 Å². The third-order valence-corrected chi connectivity index (χ3v) is 7.93. The smallest absolute Gasteiger partial charge is 0.147 e. The quantitative estimate of drug-likeness (QED) is 0.438. The first-order valence-corrected chi connectivity index (χ1v) is 12.8. The van der Waals surface area contributed by atoms with Crippen LogP contribution < -0.4 is 10.2 Å². The normalized spacial score (nSPS) is 16.9. The summed E-state index contributed by atoms with van der Waals surface area (Å²) in [5.41, 5.74) is 5.31. The van der Waals surface area contributed by atoms with Crippen LogP contribution in [-0.2, 0) is 24.0 Å². The molecule has 0 bridgehead atoms. The summed E-state index contributed by atoms with van der Waals surface area (Å²) >= 11 is 1.73. The van der Waals surface area contributed by atoms with Gasteiger partial charge in [-0.15, -0.1) is 11.3 Å². The van der Waals surface area contributed by atoms with Crippen LogP contribution in [0.5, 0.6) is 0 Å². The number of rotatable bonds is 6. The Morgan fingerprint density at radius 1 is 1.09 bits per heavy atom. The topological polar surface area (TPSA) is 63.2 Å². The van der Waals surface area contributed by atoms with Gasteiger partial charge in [0, 0.05) is 24.5 Å². The molecule has 0 saturated carbocycles. The fourth-order valence-corrected chi connectivity index (χ4v) is 6.26. The number of hydrogen-bond acceptors (Lipinski definition) is 7. The second-order valence-corrected chi connectivity index (χ2v) is 10.1. The molecule has 3 aromatic heterocycles. The van der Waals surface area contributed by atoms with Crippen LogP contribution in [0.15, 0.2) is 36.7 Å². The van der Waals surface area contributed by atoms with Gasteiger partial charge < -0.3 is 15.0 Å². The lowest BCUT2D eigenvalue weighted by molar-refractivity contribution is 0.122. The summed E-state index contributed by atoms with van der Waals surface area (Å²) in [7, 11) is 0. The summed E-state index contributed by atoms with van der Waals surface area (Å²) in [6, 6.07) is 11.0. The molecule has 1 saturated heterocycles. The van der Waals surface area contributed by atoms with Crippen molar-refractivity contribution in [2.24, 2.45) is 0 Å². The molecule has 1 atom stereocenters. The minimum Gasteiger partial charge on any atom is -0.378 e. The molecular formula is C26H29N5OS. The van der Waals surface area contributed by atoms with E-state index in [2.05, 4.69) is 52.5 Å². The van der Waals surface area contributed by atoms with Crippen molar-refractivity contribution in [2.45, 2.75) is 45.1 Å². The largest absolute Gasteiger partial charge is 0.378 e. The van der Waals surface area contributed by atoms with Crippen molar-refractivity contribution in [1.82, 2.24) is 15.0 Å². The maximum Gasteiger partial charge on any atom is 0.147 e. The number of aromatic nitrogens is 3. The van der Waals surface area contributed by atoms with Gasteiger partial charge in [-0.3, -0.25) is 0 Å². The Labute approximate surface area is 198 Å². The second-order valence-electron chi connectivity index (χ2n) is 9.10. The van der Waals surface area contributed by atoms with E-state index in [4.69, 9.17) is 14.7 Å². The molecular weight excluding hydrogens is 430 g/mol. The molecule has 1 unspecified atom stereocenters. The molecule has 1 aliphatic heterocycles. The summed E-state index contributed by atoms with van der Waals surface area (Å²) in [6.45, 7) is 5.63. The highest BCUT2D eigenvalue weighted by Gasteiger charge is 2.27. The molecule has 6 nitrogen and oxygen atoms in total. The van der Waals surface area contributed by atoms with E-state index in [1.165, 1.54) is 34.3 Å². The van der Waals surface area contributed by atoms with Crippen LogP contribution in [-0.4, -0.2) is 47.3 Å². The number of morpholine rings is 1. The van der Waals surface area contributed by atoms with E-state index in [1.54, 1.807) is 17.7 Å². The monoisotopic (exact) mass is 459 g/mol. The lowest BCUT2D eigenvalue weighted by Gasteiger charge is -2.29. The lowest BCUT2D eigenvalue weighted by Crippen LogP contribution is -2.37. The highest BCUT2D eigenvalue weighted by molar-refractivity contribution is 7.26. The van der Waals surface area contributed by atoms with E-state index >= 15 is 0 Å². The molecule has 1 fully saturated rings. The van der Waals surface area contributed by atoms with Gasteiger partial charge in [-0.25, -0.2) is 15.0 Å². The van der Waals surface area contributed by atoms with Crippen molar-refractivity contribution in [1.29, 1.82) is 0 Å². The summed E-state index contributed by atoms with van der Waals surface area (Å²) in [5.74, 6) is 2.10. The number of hydrogen-bond donors (Lipinski definition) is 1. The molecule has 6 rings (SSSR count). The van der Waals surface area contributed by atoms with Gasteiger partial charge in [-0.2, -0.15) is 0 Å². The highest BCUT2D eigenvalue weighted by atomic mass is 32.1. The van der Waals surface area contributed by atoms with E-state index in [9.17, 15) is 0 Å². The van der Waals surface area contributed by atoms with Crippen LogP contribution >= 0.6 is 11.3 Å². The zero-order valence-electron chi connectivity index (χ0n) is 19.0. The molecule has 33 heavy (non-hydrogen) atoms. The van der Waals surface area contributed by atoms with Crippen molar-refractivity contribution in [3.63, 3.8) is 0 Å². The van der Waals surface area contributed by atoms with E-state index in [0.717, 1.165) is 72.9 Å². The molecule has 0 radical (unpaired) electrons. The Morgan fingerprint density at radius 2 is 1.91 bits per heavy atom. The predicted molar refractivity (Wildman–Crippen MR) is 136 cm³/mol. The van der Waals surface area contributed by atoms with E-state index in [-0.39, 0.29) is 0 Å². The van der Waals surface area contributed by atoms with Gasteiger partial charge in [0.05, 0.1) is 23.4 Å². The number of pyridine rings is 1. The summed E-state index contributed by atoms with van der Waals surface area (Å²) in [6.07, 6.45) is 7.21. The Morgan fingerprint density at radius 3 is 2.76 bits per heavy atom. The third kappa shape index (κ3) is 3.93. The van der Waals surface area contributed by atoms with Crippen LogP contribution in [0.25, 0.3) is 20.4 Å². The number of aryl methyl sites for hydroxylation is 2. The van der Waals surface area contributed by atoms with E-state index in [0.29, 0.717) is 6.04 Å². The molecule has 4 aromatic rings. The first-order valence-electron chi connectivity index (χ1n) is 12.0. The summed E-state index contributed by atoms with van der Waals surface area (Å²) < 4.78 is 6.71. The maximum absolute atomic E-state index is 5.58. The average molecular weight is 460 g/mol. The van der Waals surface area contributed by atoms with Crippen molar-refractivity contribution >= 4 is 43.4 Å². The van der Waals surface area contributed by atoms with Gasteiger partial charge in [0.15, 0.2) is 0 Å². The molecule has 1 aliphatic carbocycles. The van der Waals surface area contributed by atoms with Crippen LogP contribution in [0.1, 0.15) is 36.5 Å². The van der Waals surface area contributed by atoms with Crippen molar-refractivity contribution < 1.29 is 4.74 Å². The summed E-state index contributed by atoms with van der Waals surface area (Å²) in [4.78, 5) is 18.1. The average Bonchev–Trinajstić information content (AvgIpc) is 3.48. The number of fused-ring (bicyclic) bond motifs is 5. The van der Waals surface area contributed by atoms with Gasteiger partial charge in [0.1, 0.15) is 22.8 Å². The van der Waals surface area contributed by atoms with Crippen molar-refractivity contribution in [2.75, 3.05) is 36.5 Å². The lowest BCUT2D eigenvalue weighted by atomic mass is 10.1. The Balaban J connectivity index is 1.34. The van der Waals surface area contributed by atoms with Crippen molar-refractivity contribution in [3.05, 3.63) is 53.3 Å². The SMILES string of the molecule is CC(CCc1ccccc1)Nc1ncnc2c1sc1nc(N3CCOCC3)c3c(c12)CCC3. The van der Waals surface area contributed by atoms with Gasteiger partial charge in [-0.1, -0.05) is 30.3 Å². The highest BCUT2D eigenvalue weighted by Crippen LogP contribution is 2.43. The minimum atomic E-state index is 0.316. The van der Waals surface area contributed by atoms with E-state index < -0.39 is 0 Å². The third-order valence-electron chi connectivity index (χ3n) is 6.85. The number of nitrogens with zero attached hydrogens (tertiary/aromatic N) is 4. The zero-order chi connectivity index (χ0) is 22.2. The Bertz CT molecular complexity index is 1280. The molecule has 2 aliphatic rings. The van der Waals surface area contributed by atoms with Crippen LogP contribution in [0.3, 0.4) is 0 Å². The number of thiophene rings is 1. The molecule has 170 valence electrons. The first kappa shape index (κ1) is 20.8. The van der Waals surface area contributed by atoms with Gasteiger partial charge >= 0.3 is 0 Å². The maximum atomic E-state index is 5.58. The molecule has 0 amide bonds. The Kier molecular flexibility index (Phi) is 5.60. The fraction of sp³-hybridized carbons (Fsp3) is 0.423. The zero-order valence-corrected chi connectivity index (χ0v) is 19.8. The number of benzene rings is 1. The van der Waals surface area contributed by atoms with Crippen molar-refractivity contribution in [3.8, 4) is 0 Å². The molecule has 4 heterocycles. The fourth-order valence-electron chi connectivity index (χ4n) is 5.15. The predicted octanol–water partition coefficient (Wildman–Crippen LogP) is 5.00. The molecule has 0 spiro atoms.